The van der Waals surface area contributed by atoms with Gasteiger partial charge in [-0.3, -0.25) is 0 Å². The van der Waals surface area contributed by atoms with Crippen molar-refractivity contribution < 1.29 is 5.21 Å². The number of hydrogen-bond acceptors (Lipinski definition) is 4. The molecule has 0 radical (unpaired) electrons. The Labute approximate surface area is 111 Å². The summed E-state index contributed by atoms with van der Waals surface area (Å²) in [4.78, 5) is 3.99. The molecule has 1 aromatic carbocycles. The smallest absolute Gasteiger partial charge is 0.170 e. The molecule has 0 aliphatic heterocycles. The van der Waals surface area contributed by atoms with E-state index in [2.05, 4.69) is 15.5 Å². The number of benzene rings is 1. The molecule has 1 aromatic heterocycles. The van der Waals surface area contributed by atoms with Gasteiger partial charge in [-0.2, -0.15) is 0 Å². The van der Waals surface area contributed by atoms with Crippen LogP contribution in [-0.2, 0) is 13.1 Å². The first-order valence-electron chi connectivity index (χ1n) is 6.03. The molecule has 100 valence electrons. The van der Waals surface area contributed by atoms with Crippen LogP contribution in [0.1, 0.15) is 11.1 Å². The van der Waals surface area contributed by atoms with E-state index in [1.165, 1.54) is 0 Å². The third-order valence-electron chi connectivity index (χ3n) is 2.79. The molecular formula is C13H17N5O. The van der Waals surface area contributed by atoms with Crippen LogP contribution in [0.5, 0.6) is 0 Å². The Morgan fingerprint density at radius 2 is 2.16 bits per heavy atom. The number of rotatable bonds is 6. The van der Waals surface area contributed by atoms with Crippen molar-refractivity contribution in [3.8, 4) is 0 Å². The van der Waals surface area contributed by atoms with Gasteiger partial charge in [-0.1, -0.05) is 29.4 Å². The minimum Gasteiger partial charge on any atom is -0.409 e. The fourth-order valence-corrected chi connectivity index (χ4v) is 1.71. The average Bonchev–Trinajstić information content (AvgIpc) is 2.96. The molecule has 0 amide bonds. The highest BCUT2D eigenvalue weighted by Gasteiger charge is 1.99. The quantitative estimate of drug-likeness (QED) is 0.235. The van der Waals surface area contributed by atoms with Crippen molar-refractivity contribution in [3.63, 3.8) is 0 Å². The van der Waals surface area contributed by atoms with Crippen LogP contribution in [0.4, 0.5) is 0 Å². The van der Waals surface area contributed by atoms with Crippen LogP contribution >= 0.6 is 0 Å². The molecule has 19 heavy (non-hydrogen) atoms. The first-order chi connectivity index (χ1) is 9.29. The minimum absolute atomic E-state index is 0.125. The van der Waals surface area contributed by atoms with E-state index in [9.17, 15) is 0 Å². The second-order valence-corrected chi connectivity index (χ2v) is 4.16. The molecule has 0 fully saturated rings. The van der Waals surface area contributed by atoms with Gasteiger partial charge in [0, 0.05) is 37.6 Å². The van der Waals surface area contributed by atoms with Crippen molar-refractivity contribution in [2.75, 3.05) is 6.54 Å². The maximum absolute atomic E-state index is 8.56. The number of aromatic nitrogens is 2. The summed E-state index contributed by atoms with van der Waals surface area (Å²) in [6.45, 7) is 2.55. The molecule has 4 N–H and O–H groups in total. The summed E-state index contributed by atoms with van der Waals surface area (Å²) in [5, 5.41) is 14.9. The van der Waals surface area contributed by atoms with E-state index < -0.39 is 0 Å². The SMILES string of the molecule is NC(=NO)c1ccc(CNCCn2ccnc2)cc1. The van der Waals surface area contributed by atoms with Crippen molar-refractivity contribution in [1.82, 2.24) is 14.9 Å². The number of oxime groups is 1. The largest absolute Gasteiger partial charge is 0.409 e. The van der Waals surface area contributed by atoms with Crippen LogP contribution in [0.3, 0.4) is 0 Å². The topological polar surface area (TPSA) is 88.5 Å². The first-order valence-corrected chi connectivity index (χ1v) is 6.03. The van der Waals surface area contributed by atoms with E-state index in [0.29, 0.717) is 5.56 Å². The number of nitrogens with one attached hydrogen (secondary N) is 1. The van der Waals surface area contributed by atoms with Crippen molar-refractivity contribution in [1.29, 1.82) is 0 Å². The second kappa shape index (κ2) is 6.55. The lowest BCUT2D eigenvalue weighted by Gasteiger charge is -2.06. The van der Waals surface area contributed by atoms with E-state index in [1.54, 1.807) is 12.5 Å². The Bertz CT molecular complexity index is 518. The van der Waals surface area contributed by atoms with Gasteiger partial charge in [-0.05, 0) is 5.56 Å². The lowest BCUT2D eigenvalue weighted by molar-refractivity contribution is 0.318. The lowest BCUT2D eigenvalue weighted by Crippen LogP contribution is -2.19. The van der Waals surface area contributed by atoms with Gasteiger partial charge in [0.15, 0.2) is 5.84 Å². The van der Waals surface area contributed by atoms with Crippen molar-refractivity contribution in [2.24, 2.45) is 10.9 Å². The molecule has 0 bridgehead atoms. The van der Waals surface area contributed by atoms with Gasteiger partial charge in [0.05, 0.1) is 6.33 Å². The van der Waals surface area contributed by atoms with E-state index >= 15 is 0 Å². The zero-order valence-corrected chi connectivity index (χ0v) is 10.5. The van der Waals surface area contributed by atoms with Crippen molar-refractivity contribution in [2.45, 2.75) is 13.1 Å². The van der Waals surface area contributed by atoms with Crippen LogP contribution in [0.25, 0.3) is 0 Å². The highest BCUT2D eigenvalue weighted by molar-refractivity contribution is 5.96. The van der Waals surface area contributed by atoms with E-state index in [0.717, 1.165) is 25.2 Å². The van der Waals surface area contributed by atoms with Crippen LogP contribution < -0.4 is 11.1 Å². The fraction of sp³-hybridized carbons (Fsp3) is 0.231. The molecular weight excluding hydrogens is 242 g/mol. The normalized spacial score (nSPS) is 11.7. The minimum atomic E-state index is 0.125. The molecule has 6 nitrogen and oxygen atoms in total. The van der Waals surface area contributed by atoms with E-state index in [1.807, 2.05) is 35.0 Å². The molecule has 6 heteroatoms. The predicted molar refractivity (Wildman–Crippen MR) is 72.9 cm³/mol. The Kier molecular flexibility index (Phi) is 4.52. The molecule has 1 heterocycles. The molecule has 0 atom stereocenters. The molecule has 0 saturated heterocycles. The molecule has 0 aliphatic rings. The highest BCUT2D eigenvalue weighted by Crippen LogP contribution is 2.03. The third-order valence-corrected chi connectivity index (χ3v) is 2.79. The van der Waals surface area contributed by atoms with Gasteiger partial charge < -0.3 is 20.8 Å². The van der Waals surface area contributed by atoms with Crippen LogP contribution in [0.2, 0.25) is 0 Å². The Hall–Kier alpha value is -2.34. The van der Waals surface area contributed by atoms with Crippen LogP contribution in [0.15, 0.2) is 48.1 Å². The van der Waals surface area contributed by atoms with E-state index in [-0.39, 0.29) is 5.84 Å². The molecule has 2 rings (SSSR count). The third kappa shape index (κ3) is 3.82. The number of hydrogen-bond donors (Lipinski definition) is 3. The second-order valence-electron chi connectivity index (χ2n) is 4.16. The number of nitrogens with two attached hydrogens (primary N) is 1. The molecule has 2 aromatic rings. The first kappa shape index (κ1) is 13.1. The molecule has 0 aliphatic carbocycles. The number of amidine groups is 1. The van der Waals surface area contributed by atoms with Crippen molar-refractivity contribution in [3.05, 3.63) is 54.1 Å². The lowest BCUT2D eigenvalue weighted by atomic mass is 10.1. The van der Waals surface area contributed by atoms with Gasteiger partial charge in [0.1, 0.15) is 0 Å². The fourth-order valence-electron chi connectivity index (χ4n) is 1.71. The Morgan fingerprint density at radius 3 is 2.79 bits per heavy atom. The van der Waals surface area contributed by atoms with Gasteiger partial charge >= 0.3 is 0 Å². The summed E-state index contributed by atoms with van der Waals surface area (Å²) in [7, 11) is 0. The van der Waals surface area contributed by atoms with Crippen molar-refractivity contribution >= 4 is 5.84 Å². The Balaban J connectivity index is 1.77. The zero-order chi connectivity index (χ0) is 13.5. The van der Waals surface area contributed by atoms with Crippen LogP contribution in [-0.4, -0.2) is 27.1 Å². The number of nitrogens with zero attached hydrogens (tertiary/aromatic N) is 3. The molecule has 0 spiro atoms. The monoisotopic (exact) mass is 259 g/mol. The molecule has 0 saturated carbocycles. The van der Waals surface area contributed by atoms with Crippen LogP contribution in [0, 0.1) is 0 Å². The maximum Gasteiger partial charge on any atom is 0.170 e. The zero-order valence-electron chi connectivity index (χ0n) is 10.5. The van der Waals surface area contributed by atoms with Gasteiger partial charge in [0.2, 0.25) is 0 Å². The van der Waals surface area contributed by atoms with E-state index in [4.69, 9.17) is 10.9 Å². The predicted octanol–water partition coefficient (Wildman–Crippen LogP) is 0.767. The summed E-state index contributed by atoms with van der Waals surface area (Å²) < 4.78 is 2.02. The van der Waals surface area contributed by atoms with Gasteiger partial charge in [0.25, 0.3) is 0 Å². The average molecular weight is 259 g/mol. The van der Waals surface area contributed by atoms with Gasteiger partial charge in [-0.15, -0.1) is 0 Å². The summed E-state index contributed by atoms with van der Waals surface area (Å²) in [6, 6.07) is 7.58. The van der Waals surface area contributed by atoms with Gasteiger partial charge in [-0.25, -0.2) is 4.98 Å². The summed E-state index contributed by atoms with van der Waals surface area (Å²) in [5.41, 5.74) is 7.36. The summed E-state index contributed by atoms with van der Waals surface area (Å²) >= 11 is 0. The maximum atomic E-state index is 8.56. The highest BCUT2D eigenvalue weighted by atomic mass is 16.4. The standard InChI is InChI=1S/C13H17N5O/c14-13(17-19)12-3-1-11(2-4-12)9-15-5-7-18-8-6-16-10-18/h1-4,6,8,10,15,19H,5,7,9H2,(H2,14,17). The number of imidazole rings is 1. The molecule has 0 unspecified atom stereocenters. The Morgan fingerprint density at radius 1 is 1.37 bits per heavy atom. The summed E-state index contributed by atoms with van der Waals surface area (Å²) in [5.74, 6) is 0.125. The summed E-state index contributed by atoms with van der Waals surface area (Å²) in [6.07, 6.45) is 5.51.